The molecule has 0 saturated heterocycles. The number of hydrogen-bond donors (Lipinski definition) is 0. The van der Waals surface area contributed by atoms with Crippen LogP contribution in [0.25, 0.3) is 22.2 Å². The number of hydrogen-bond acceptors (Lipinski definition) is 2. The zero-order valence-electron chi connectivity index (χ0n) is 20.6. The van der Waals surface area contributed by atoms with Gasteiger partial charge in [0, 0.05) is 5.56 Å². The molecule has 0 aliphatic carbocycles. The number of benzene rings is 5. The molecule has 0 bridgehead atoms. The van der Waals surface area contributed by atoms with Gasteiger partial charge in [0.05, 0.1) is 17.4 Å². The van der Waals surface area contributed by atoms with Gasteiger partial charge >= 0.3 is 0 Å². The minimum Gasteiger partial charge on any atom is -0.312 e. The van der Waals surface area contributed by atoms with Gasteiger partial charge in [-0.15, -0.1) is 0 Å². The van der Waals surface area contributed by atoms with Crippen LogP contribution in [0.3, 0.4) is 0 Å². The van der Waals surface area contributed by atoms with E-state index < -0.39 is 5.54 Å². The summed E-state index contributed by atoms with van der Waals surface area (Å²) in [4.78, 5) is 16.2. The van der Waals surface area contributed by atoms with Crippen LogP contribution in [0, 0.1) is 6.92 Å². The molecule has 178 valence electrons. The van der Waals surface area contributed by atoms with E-state index in [1.54, 1.807) is 0 Å². The van der Waals surface area contributed by atoms with Gasteiger partial charge in [0.15, 0.2) is 0 Å². The molecular weight excluding hydrogens is 452 g/mol. The van der Waals surface area contributed by atoms with Crippen LogP contribution in [-0.4, -0.2) is 15.8 Å². The van der Waals surface area contributed by atoms with E-state index in [1.165, 1.54) is 0 Å². The van der Waals surface area contributed by atoms with Crippen molar-refractivity contribution in [1.82, 2.24) is 9.55 Å². The Morgan fingerprint density at radius 3 is 1.68 bits per heavy atom. The highest BCUT2D eigenvalue weighted by molar-refractivity contribution is 5.85. The number of nitrogens with zero attached hydrogens (tertiary/aromatic N) is 2. The second-order valence-electron chi connectivity index (χ2n) is 9.32. The zero-order chi connectivity index (χ0) is 25.2. The Morgan fingerprint density at radius 2 is 1.16 bits per heavy atom. The van der Waals surface area contributed by atoms with E-state index in [4.69, 9.17) is 4.98 Å². The molecule has 0 radical (unpaired) electrons. The lowest BCUT2D eigenvalue weighted by Gasteiger charge is -2.38. The Bertz CT molecular complexity index is 1590. The van der Waals surface area contributed by atoms with Crippen LogP contribution in [0.15, 0.2) is 134 Å². The van der Waals surface area contributed by atoms with Gasteiger partial charge in [-0.2, -0.15) is 0 Å². The van der Waals surface area contributed by atoms with E-state index in [0.29, 0.717) is 5.56 Å². The molecule has 3 heteroatoms. The first-order chi connectivity index (χ1) is 18.2. The molecule has 37 heavy (non-hydrogen) atoms. The van der Waals surface area contributed by atoms with Crippen LogP contribution in [0.2, 0.25) is 0 Å². The van der Waals surface area contributed by atoms with E-state index in [-0.39, 0.29) is 0 Å². The van der Waals surface area contributed by atoms with E-state index >= 15 is 0 Å². The van der Waals surface area contributed by atoms with Crippen LogP contribution in [0.4, 0.5) is 0 Å². The number of carbonyl (C=O) groups is 1. The average molecular weight is 479 g/mol. The van der Waals surface area contributed by atoms with Crippen molar-refractivity contribution >= 4 is 17.3 Å². The molecule has 3 nitrogen and oxygen atoms in total. The quantitative estimate of drug-likeness (QED) is 0.182. The highest BCUT2D eigenvalue weighted by atomic mass is 16.1. The number of aldehydes is 1. The fourth-order valence-electron chi connectivity index (χ4n) is 5.40. The molecule has 0 unspecified atom stereocenters. The molecule has 0 N–H and O–H groups in total. The normalized spacial score (nSPS) is 11.5. The highest BCUT2D eigenvalue weighted by Gasteiger charge is 2.39. The summed E-state index contributed by atoms with van der Waals surface area (Å²) in [6.45, 7) is 1.97. The maximum atomic E-state index is 11.4. The van der Waals surface area contributed by atoms with E-state index in [2.05, 4.69) is 120 Å². The maximum Gasteiger partial charge on any atom is 0.150 e. The molecule has 0 fully saturated rings. The van der Waals surface area contributed by atoms with Crippen molar-refractivity contribution in [3.8, 4) is 11.1 Å². The third-order valence-electron chi connectivity index (χ3n) is 7.21. The molecular formula is C34H26N2O. The third-order valence-corrected chi connectivity index (χ3v) is 7.21. The lowest BCUT2D eigenvalue weighted by Crippen LogP contribution is -2.37. The van der Waals surface area contributed by atoms with E-state index in [0.717, 1.165) is 50.7 Å². The Kier molecular flexibility index (Phi) is 5.74. The molecule has 6 aromatic rings. The van der Waals surface area contributed by atoms with E-state index in [9.17, 15) is 4.79 Å². The van der Waals surface area contributed by atoms with Crippen molar-refractivity contribution in [2.24, 2.45) is 0 Å². The average Bonchev–Trinajstić information content (AvgIpc) is 3.39. The molecule has 1 heterocycles. The Labute approximate surface area is 216 Å². The standard InChI is InChI=1S/C34H26N2O/c1-25-21-26(17-18-28(25)23-37)27-19-20-32-33(22-27)36(24-35-32)34(29-11-5-2-6-12-29,30-13-7-3-8-14-30)31-15-9-4-10-16-31/h2-24H,1H3. The van der Waals surface area contributed by atoms with Crippen molar-refractivity contribution in [2.75, 3.05) is 0 Å². The van der Waals surface area contributed by atoms with Gasteiger partial charge in [0.25, 0.3) is 0 Å². The van der Waals surface area contributed by atoms with Crippen LogP contribution in [0.1, 0.15) is 32.6 Å². The largest absolute Gasteiger partial charge is 0.312 e. The van der Waals surface area contributed by atoms with Crippen molar-refractivity contribution in [3.63, 3.8) is 0 Å². The van der Waals surface area contributed by atoms with Gasteiger partial charge in [-0.3, -0.25) is 4.79 Å². The van der Waals surface area contributed by atoms with Gasteiger partial charge < -0.3 is 4.57 Å². The molecule has 0 amide bonds. The molecule has 0 spiro atoms. The summed E-state index contributed by atoms with van der Waals surface area (Å²) in [6, 6.07) is 44.3. The predicted octanol–water partition coefficient (Wildman–Crippen LogP) is 7.66. The highest BCUT2D eigenvalue weighted by Crippen LogP contribution is 2.43. The molecule has 5 aromatic carbocycles. The van der Waals surface area contributed by atoms with Gasteiger partial charge in [0.2, 0.25) is 0 Å². The van der Waals surface area contributed by atoms with Gasteiger partial charge in [-0.05, 0) is 52.4 Å². The van der Waals surface area contributed by atoms with Crippen LogP contribution < -0.4 is 0 Å². The number of imidazole rings is 1. The molecule has 0 atom stereocenters. The van der Waals surface area contributed by atoms with E-state index in [1.807, 2.05) is 25.4 Å². The number of aromatic nitrogens is 2. The van der Waals surface area contributed by atoms with Crippen LogP contribution in [0.5, 0.6) is 0 Å². The first-order valence-electron chi connectivity index (χ1n) is 12.4. The summed E-state index contributed by atoms with van der Waals surface area (Å²) in [5.41, 5.74) is 8.63. The Balaban J connectivity index is 1.68. The van der Waals surface area contributed by atoms with Gasteiger partial charge in [0.1, 0.15) is 11.8 Å². The van der Waals surface area contributed by atoms with Crippen LogP contribution in [-0.2, 0) is 5.54 Å². The van der Waals surface area contributed by atoms with Crippen LogP contribution >= 0.6 is 0 Å². The van der Waals surface area contributed by atoms with Crippen molar-refractivity contribution in [3.05, 3.63) is 162 Å². The first kappa shape index (κ1) is 22.7. The molecule has 6 rings (SSSR count). The summed E-state index contributed by atoms with van der Waals surface area (Å²) < 4.78 is 2.30. The summed E-state index contributed by atoms with van der Waals surface area (Å²) >= 11 is 0. The lowest BCUT2D eigenvalue weighted by molar-refractivity contribution is 0.112. The molecule has 1 aromatic heterocycles. The fourth-order valence-corrected chi connectivity index (χ4v) is 5.40. The predicted molar refractivity (Wildman–Crippen MR) is 150 cm³/mol. The topological polar surface area (TPSA) is 34.9 Å². The summed E-state index contributed by atoms with van der Waals surface area (Å²) in [7, 11) is 0. The van der Waals surface area contributed by atoms with Crippen molar-refractivity contribution in [2.45, 2.75) is 12.5 Å². The molecule has 0 saturated carbocycles. The Hall–Kier alpha value is -4.76. The second-order valence-corrected chi connectivity index (χ2v) is 9.32. The molecule has 0 aliphatic rings. The lowest BCUT2D eigenvalue weighted by atomic mass is 9.76. The summed E-state index contributed by atoms with van der Waals surface area (Å²) in [5, 5.41) is 0. The monoisotopic (exact) mass is 478 g/mol. The van der Waals surface area contributed by atoms with Gasteiger partial charge in [-0.25, -0.2) is 4.98 Å². The maximum absolute atomic E-state index is 11.4. The van der Waals surface area contributed by atoms with Crippen molar-refractivity contribution in [1.29, 1.82) is 0 Å². The van der Waals surface area contributed by atoms with Gasteiger partial charge in [-0.1, -0.05) is 115 Å². The Morgan fingerprint density at radius 1 is 0.649 bits per heavy atom. The fraction of sp³-hybridized carbons (Fsp3) is 0.0588. The first-order valence-corrected chi connectivity index (χ1v) is 12.4. The van der Waals surface area contributed by atoms with Crippen molar-refractivity contribution < 1.29 is 4.79 Å². The number of rotatable bonds is 6. The number of carbonyl (C=O) groups excluding carboxylic acids is 1. The smallest absolute Gasteiger partial charge is 0.150 e. The summed E-state index contributed by atoms with van der Waals surface area (Å²) in [5.74, 6) is 0. The molecule has 0 aliphatic heterocycles. The SMILES string of the molecule is Cc1cc(-c2ccc3ncn(C(c4ccccc4)(c4ccccc4)c4ccccc4)c3c2)ccc1C=O. The zero-order valence-corrected chi connectivity index (χ0v) is 20.6. The number of fused-ring (bicyclic) bond motifs is 1. The third kappa shape index (κ3) is 3.76. The number of aryl methyl sites for hydroxylation is 1. The minimum absolute atomic E-state index is 0.631. The minimum atomic E-state index is -0.631. The second kappa shape index (κ2) is 9.36. The summed E-state index contributed by atoms with van der Waals surface area (Å²) in [6.07, 6.45) is 2.87.